The summed E-state index contributed by atoms with van der Waals surface area (Å²) in [4.78, 5) is 38.7. The third kappa shape index (κ3) is 5.92. The molecule has 7 nitrogen and oxygen atoms in total. The average Bonchev–Trinajstić information content (AvgIpc) is 2.79. The third-order valence-electron chi connectivity index (χ3n) is 5.37. The number of hydrogen-bond acceptors (Lipinski definition) is 6. The number of nitrogens with zero attached hydrogens (tertiary/aromatic N) is 1. The molecule has 0 aliphatic carbocycles. The number of ketones is 1. The molecule has 33 heavy (non-hydrogen) atoms. The maximum absolute atomic E-state index is 12.7. The summed E-state index contributed by atoms with van der Waals surface area (Å²) in [6.07, 6.45) is 0.460. The summed E-state index contributed by atoms with van der Waals surface area (Å²) in [7, 11) is 1.30. The Morgan fingerprint density at radius 1 is 1.09 bits per heavy atom. The molecule has 1 atom stereocenters. The van der Waals surface area contributed by atoms with Gasteiger partial charge in [-0.05, 0) is 62.1 Å². The van der Waals surface area contributed by atoms with Gasteiger partial charge in [-0.15, -0.1) is 0 Å². The van der Waals surface area contributed by atoms with E-state index in [9.17, 15) is 14.4 Å². The molecule has 0 aromatic heterocycles. The lowest BCUT2D eigenvalue weighted by Gasteiger charge is -2.36. The fourth-order valence-electron chi connectivity index (χ4n) is 3.78. The third-order valence-corrected chi connectivity index (χ3v) is 5.37. The number of hydrogen-bond donors (Lipinski definition) is 0. The molecule has 0 spiro atoms. The van der Waals surface area contributed by atoms with Crippen LogP contribution >= 0.6 is 0 Å². The summed E-state index contributed by atoms with van der Waals surface area (Å²) in [6.45, 7) is 7.83. The molecule has 0 bridgehead atoms. The molecule has 1 heterocycles. The quantitative estimate of drug-likeness (QED) is 0.459. The molecule has 0 unspecified atom stereocenters. The van der Waals surface area contributed by atoms with Crippen LogP contribution in [0, 0.1) is 0 Å². The Balaban J connectivity index is 1.79. The van der Waals surface area contributed by atoms with Gasteiger partial charge in [-0.3, -0.25) is 9.69 Å². The number of methoxy groups -OCH3 is 1. The first-order valence-corrected chi connectivity index (χ1v) is 11.1. The lowest BCUT2D eigenvalue weighted by Crippen LogP contribution is -2.46. The minimum atomic E-state index is -0.876. The highest BCUT2D eigenvalue weighted by Gasteiger charge is 2.39. The molecule has 0 saturated carbocycles. The van der Waals surface area contributed by atoms with Crippen LogP contribution in [0.3, 0.4) is 0 Å². The fourth-order valence-corrected chi connectivity index (χ4v) is 3.78. The summed E-state index contributed by atoms with van der Waals surface area (Å²) in [5.74, 6) is 0.220. The smallest absolute Gasteiger partial charge is 0.411 e. The molecule has 0 radical (unpaired) electrons. The fraction of sp³-hybridized carbons (Fsp3) is 0.423. The molecule has 3 rings (SSSR count). The van der Waals surface area contributed by atoms with Crippen molar-refractivity contribution in [3.63, 3.8) is 0 Å². The summed E-state index contributed by atoms with van der Waals surface area (Å²) in [5.41, 5.74) is 2.51. The standard InChI is InChI=1S/C26H31NO6/c1-6-22(28)19-9-7-8-17(14-19)16-32-20-10-11-21-18(15-20)12-13-27(23(21)24(29)31-5)25(30)33-26(2,3)4/h7-11,14-15,23H,6,12-13,16H2,1-5H3/t23-/m1/s1. The minimum absolute atomic E-state index is 0.0917. The van der Waals surface area contributed by atoms with E-state index in [1.165, 1.54) is 12.0 Å². The highest BCUT2D eigenvalue weighted by atomic mass is 16.6. The molecule has 176 valence electrons. The van der Waals surface area contributed by atoms with Gasteiger partial charge in [0.1, 0.15) is 18.0 Å². The molecule has 0 saturated heterocycles. The van der Waals surface area contributed by atoms with Crippen molar-refractivity contribution in [2.75, 3.05) is 13.7 Å². The van der Waals surface area contributed by atoms with Crippen LogP contribution in [0.4, 0.5) is 4.79 Å². The maximum Gasteiger partial charge on any atom is 0.411 e. The summed E-state index contributed by atoms with van der Waals surface area (Å²) >= 11 is 0. The monoisotopic (exact) mass is 453 g/mol. The van der Waals surface area contributed by atoms with Crippen molar-refractivity contribution in [3.8, 4) is 5.75 Å². The topological polar surface area (TPSA) is 82.1 Å². The van der Waals surface area contributed by atoms with Crippen LogP contribution in [0.15, 0.2) is 42.5 Å². The summed E-state index contributed by atoms with van der Waals surface area (Å²) < 4.78 is 16.4. The molecule has 2 aromatic carbocycles. The van der Waals surface area contributed by atoms with Crippen LogP contribution in [0.25, 0.3) is 0 Å². The second-order valence-electron chi connectivity index (χ2n) is 8.98. The van der Waals surface area contributed by atoms with Crippen LogP contribution in [-0.2, 0) is 27.3 Å². The van der Waals surface area contributed by atoms with E-state index in [0.29, 0.717) is 42.9 Å². The van der Waals surface area contributed by atoms with Crippen LogP contribution in [-0.4, -0.2) is 42.0 Å². The lowest BCUT2D eigenvalue weighted by molar-refractivity contribution is -0.147. The van der Waals surface area contributed by atoms with E-state index in [-0.39, 0.29) is 5.78 Å². The van der Waals surface area contributed by atoms with E-state index in [4.69, 9.17) is 14.2 Å². The molecule has 0 N–H and O–H groups in total. The van der Waals surface area contributed by atoms with E-state index in [2.05, 4.69) is 0 Å². The van der Waals surface area contributed by atoms with Gasteiger partial charge in [0.05, 0.1) is 7.11 Å². The van der Waals surface area contributed by atoms with Crippen molar-refractivity contribution in [2.45, 2.75) is 58.8 Å². The molecule has 1 amide bonds. The zero-order chi connectivity index (χ0) is 24.2. The number of carbonyl (C=O) groups is 3. The number of ether oxygens (including phenoxy) is 3. The zero-order valence-electron chi connectivity index (χ0n) is 19.8. The molecule has 1 aliphatic rings. The summed E-state index contributed by atoms with van der Waals surface area (Å²) in [5, 5.41) is 0. The number of esters is 1. The first-order chi connectivity index (χ1) is 15.6. The average molecular weight is 454 g/mol. The molecule has 1 aliphatic heterocycles. The molecule has 2 aromatic rings. The van der Waals surface area contributed by atoms with Gasteiger partial charge >= 0.3 is 12.1 Å². The SMILES string of the molecule is CCC(=O)c1cccc(COc2ccc3c(c2)CCN(C(=O)OC(C)(C)C)[C@H]3C(=O)OC)c1. The Bertz CT molecular complexity index is 1040. The zero-order valence-corrected chi connectivity index (χ0v) is 19.8. The Kier molecular flexibility index (Phi) is 7.41. The van der Waals surface area contributed by atoms with Gasteiger partial charge in [-0.25, -0.2) is 9.59 Å². The minimum Gasteiger partial charge on any atom is -0.489 e. The number of fused-ring (bicyclic) bond motifs is 1. The highest BCUT2D eigenvalue weighted by Crippen LogP contribution is 2.34. The van der Waals surface area contributed by atoms with Gasteiger partial charge in [0.15, 0.2) is 11.8 Å². The van der Waals surface area contributed by atoms with Crippen molar-refractivity contribution >= 4 is 17.8 Å². The number of carbonyl (C=O) groups excluding carboxylic acids is 3. The van der Waals surface area contributed by atoms with Crippen LogP contribution in [0.2, 0.25) is 0 Å². The van der Waals surface area contributed by atoms with Crippen molar-refractivity contribution in [1.82, 2.24) is 4.90 Å². The normalized spacial score (nSPS) is 15.4. The van der Waals surface area contributed by atoms with Crippen LogP contribution in [0.5, 0.6) is 5.75 Å². The van der Waals surface area contributed by atoms with E-state index < -0.39 is 23.7 Å². The van der Waals surface area contributed by atoms with Gasteiger partial charge in [0.25, 0.3) is 0 Å². The Morgan fingerprint density at radius 3 is 2.52 bits per heavy atom. The predicted octanol–water partition coefficient (Wildman–Crippen LogP) is 4.87. The molecular weight excluding hydrogens is 422 g/mol. The van der Waals surface area contributed by atoms with Gasteiger partial charge in [-0.1, -0.05) is 31.2 Å². The lowest BCUT2D eigenvalue weighted by atomic mass is 9.92. The van der Waals surface area contributed by atoms with E-state index in [1.54, 1.807) is 39.0 Å². The van der Waals surface area contributed by atoms with E-state index in [1.807, 2.05) is 31.2 Å². The van der Waals surface area contributed by atoms with Gasteiger partial charge in [0, 0.05) is 18.5 Å². The number of benzene rings is 2. The van der Waals surface area contributed by atoms with Crippen LogP contribution < -0.4 is 4.74 Å². The van der Waals surface area contributed by atoms with Crippen molar-refractivity contribution in [1.29, 1.82) is 0 Å². The van der Waals surface area contributed by atoms with Gasteiger partial charge < -0.3 is 14.2 Å². The Morgan fingerprint density at radius 2 is 1.85 bits per heavy atom. The number of amides is 1. The largest absolute Gasteiger partial charge is 0.489 e. The first-order valence-electron chi connectivity index (χ1n) is 11.1. The summed E-state index contributed by atoms with van der Waals surface area (Å²) in [6, 6.07) is 12.0. The van der Waals surface area contributed by atoms with Crippen LogP contribution in [0.1, 0.15) is 67.2 Å². The van der Waals surface area contributed by atoms with Crippen molar-refractivity contribution < 1.29 is 28.6 Å². The van der Waals surface area contributed by atoms with Crippen molar-refractivity contribution in [3.05, 3.63) is 64.7 Å². The van der Waals surface area contributed by atoms with E-state index in [0.717, 1.165) is 11.1 Å². The second-order valence-corrected chi connectivity index (χ2v) is 8.98. The number of rotatable bonds is 6. The molecular formula is C26H31NO6. The maximum atomic E-state index is 12.7. The van der Waals surface area contributed by atoms with Crippen molar-refractivity contribution in [2.24, 2.45) is 0 Å². The Labute approximate surface area is 194 Å². The van der Waals surface area contributed by atoms with Gasteiger partial charge in [-0.2, -0.15) is 0 Å². The first kappa shape index (κ1) is 24.3. The molecule has 7 heteroatoms. The van der Waals surface area contributed by atoms with Gasteiger partial charge in [0.2, 0.25) is 0 Å². The van der Waals surface area contributed by atoms with E-state index >= 15 is 0 Å². The number of Topliss-reactive ketones (excluding diaryl/α,β-unsaturated/α-hetero) is 1. The Hall–Kier alpha value is -3.35. The molecule has 0 fully saturated rings. The second kappa shape index (κ2) is 10.1. The predicted molar refractivity (Wildman–Crippen MR) is 123 cm³/mol. The highest BCUT2D eigenvalue weighted by molar-refractivity contribution is 5.95.